The summed E-state index contributed by atoms with van der Waals surface area (Å²) in [6.07, 6.45) is 3.39. The zero-order valence-electron chi connectivity index (χ0n) is 5.69. The molecule has 0 aromatic carbocycles. The maximum absolute atomic E-state index is 10.6. The highest BCUT2D eigenvalue weighted by Gasteiger charge is 2.17. The first-order chi connectivity index (χ1) is 5.27. The van der Waals surface area contributed by atoms with Gasteiger partial charge in [0.15, 0.2) is 0 Å². The average Bonchev–Trinajstić information content (AvgIpc) is 2.40. The van der Waals surface area contributed by atoms with Crippen LogP contribution in [0.2, 0.25) is 0 Å². The lowest BCUT2D eigenvalue weighted by atomic mass is 10.4. The van der Waals surface area contributed by atoms with Crippen molar-refractivity contribution in [2.24, 2.45) is 10.7 Å². The van der Waals surface area contributed by atoms with Crippen molar-refractivity contribution >= 4 is 17.6 Å². The van der Waals surface area contributed by atoms with Gasteiger partial charge in [-0.05, 0) is 0 Å². The Kier molecular flexibility index (Phi) is 1.06. The number of hydrogen-bond donors (Lipinski definition) is 1. The number of aromatic nitrogens is 2. The summed E-state index contributed by atoms with van der Waals surface area (Å²) in [7, 11) is 0. The molecule has 0 atom stereocenters. The van der Waals surface area contributed by atoms with E-state index in [1.54, 1.807) is 17.0 Å². The van der Waals surface area contributed by atoms with Gasteiger partial charge in [0.25, 0.3) is 5.91 Å². The molecule has 2 heterocycles. The van der Waals surface area contributed by atoms with E-state index in [0.717, 1.165) is 0 Å². The number of rotatable bonds is 1. The summed E-state index contributed by atoms with van der Waals surface area (Å²) < 4.78 is 1.76. The summed E-state index contributed by atoms with van der Waals surface area (Å²) in [6, 6.07) is 0. The normalized spacial score (nSPS) is 14.4. The first kappa shape index (κ1) is 6.09. The summed E-state index contributed by atoms with van der Waals surface area (Å²) in [5.41, 5.74) is 5.39. The molecule has 0 spiro atoms. The Morgan fingerprint density at radius 3 is 3.18 bits per heavy atom. The van der Waals surface area contributed by atoms with E-state index in [2.05, 4.69) is 9.98 Å². The third-order valence-electron chi connectivity index (χ3n) is 1.53. The van der Waals surface area contributed by atoms with Crippen molar-refractivity contribution in [1.29, 1.82) is 0 Å². The highest BCUT2D eigenvalue weighted by Crippen LogP contribution is 2.15. The van der Waals surface area contributed by atoms with Crippen LogP contribution in [-0.2, 0) is 11.3 Å². The Morgan fingerprint density at radius 1 is 1.73 bits per heavy atom. The van der Waals surface area contributed by atoms with Crippen molar-refractivity contribution in [3.8, 4) is 0 Å². The van der Waals surface area contributed by atoms with E-state index in [1.165, 1.54) is 0 Å². The van der Waals surface area contributed by atoms with Gasteiger partial charge in [0.1, 0.15) is 5.71 Å². The van der Waals surface area contributed by atoms with Gasteiger partial charge in [-0.25, -0.2) is 9.98 Å². The van der Waals surface area contributed by atoms with Gasteiger partial charge in [-0.15, -0.1) is 0 Å². The molecule has 1 aromatic heterocycles. The SMILES string of the molecule is NC(=O)C1=Nc2nccn2C1. The van der Waals surface area contributed by atoms with Gasteiger partial charge in [0.05, 0.1) is 6.54 Å². The van der Waals surface area contributed by atoms with E-state index in [0.29, 0.717) is 18.2 Å². The fourth-order valence-corrected chi connectivity index (χ4v) is 0.988. The zero-order valence-corrected chi connectivity index (χ0v) is 5.69. The van der Waals surface area contributed by atoms with Gasteiger partial charge in [-0.3, -0.25) is 4.79 Å². The van der Waals surface area contributed by atoms with Gasteiger partial charge >= 0.3 is 0 Å². The van der Waals surface area contributed by atoms with Gasteiger partial charge in [0.2, 0.25) is 5.95 Å². The average molecular weight is 150 g/mol. The predicted molar refractivity (Wildman–Crippen MR) is 38.5 cm³/mol. The van der Waals surface area contributed by atoms with Crippen LogP contribution < -0.4 is 5.73 Å². The maximum atomic E-state index is 10.6. The number of nitrogens with zero attached hydrogens (tertiary/aromatic N) is 3. The Bertz CT molecular complexity index is 338. The molecule has 2 rings (SSSR count). The molecule has 0 bridgehead atoms. The van der Waals surface area contributed by atoms with Gasteiger partial charge in [-0.2, -0.15) is 0 Å². The van der Waals surface area contributed by atoms with E-state index in [-0.39, 0.29) is 0 Å². The largest absolute Gasteiger partial charge is 0.364 e. The fraction of sp³-hybridized carbons (Fsp3) is 0.167. The van der Waals surface area contributed by atoms with Crippen LogP contribution in [-0.4, -0.2) is 21.2 Å². The second-order valence-electron chi connectivity index (χ2n) is 2.28. The third kappa shape index (κ3) is 0.813. The van der Waals surface area contributed by atoms with E-state index in [4.69, 9.17) is 5.73 Å². The Morgan fingerprint density at radius 2 is 2.55 bits per heavy atom. The smallest absolute Gasteiger partial charge is 0.265 e. The molecular formula is C6H6N4O. The van der Waals surface area contributed by atoms with Crippen LogP contribution in [0.3, 0.4) is 0 Å². The van der Waals surface area contributed by atoms with Crippen LogP contribution in [0.15, 0.2) is 17.4 Å². The van der Waals surface area contributed by atoms with Crippen molar-refractivity contribution < 1.29 is 4.79 Å². The molecule has 0 fully saturated rings. The van der Waals surface area contributed by atoms with Crippen molar-refractivity contribution in [2.45, 2.75) is 6.54 Å². The predicted octanol–water partition coefficient (Wildman–Crippen LogP) is -0.546. The van der Waals surface area contributed by atoms with Crippen LogP contribution in [0, 0.1) is 0 Å². The number of primary amides is 1. The molecular weight excluding hydrogens is 144 g/mol. The lowest BCUT2D eigenvalue weighted by molar-refractivity contribution is -0.112. The van der Waals surface area contributed by atoms with Crippen LogP contribution in [0.25, 0.3) is 0 Å². The molecule has 1 aromatic rings. The molecule has 11 heavy (non-hydrogen) atoms. The van der Waals surface area contributed by atoms with Crippen LogP contribution in [0.1, 0.15) is 0 Å². The minimum atomic E-state index is -0.476. The number of carbonyl (C=O) groups is 1. The van der Waals surface area contributed by atoms with Crippen molar-refractivity contribution in [1.82, 2.24) is 9.55 Å². The first-order valence-electron chi connectivity index (χ1n) is 3.16. The number of nitrogens with two attached hydrogens (primary N) is 1. The van der Waals surface area contributed by atoms with Gasteiger partial charge in [0, 0.05) is 12.4 Å². The topological polar surface area (TPSA) is 73.3 Å². The molecule has 5 heteroatoms. The number of amides is 1. The minimum Gasteiger partial charge on any atom is -0.364 e. The van der Waals surface area contributed by atoms with E-state index >= 15 is 0 Å². The summed E-state index contributed by atoms with van der Waals surface area (Å²) >= 11 is 0. The standard InChI is InChI=1S/C6H6N4O/c7-5(11)4-3-10-2-1-8-6(10)9-4/h1-2H,3H2,(H2,7,11). The fourth-order valence-electron chi connectivity index (χ4n) is 0.988. The van der Waals surface area contributed by atoms with E-state index in [1.807, 2.05) is 0 Å². The Balaban J connectivity index is 2.38. The summed E-state index contributed by atoms with van der Waals surface area (Å²) in [5.74, 6) is 0.0781. The monoisotopic (exact) mass is 150 g/mol. The third-order valence-corrected chi connectivity index (χ3v) is 1.53. The number of aliphatic imine (C=N–C) groups is 1. The number of imidazole rings is 1. The lowest BCUT2D eigenvalue weighted by Gasteiger charge is -1.91. The molecule has 0 aliphatic carbocycles. The van der Waals surface area contributed by atoms with Crippen molar-refractivity contribution in [3.05, 3.63) is 12.4 Å². The lowest BCUT2D eigenvalue weighted by Crippen LogP contribution is -2.24. The summed E-state index contributed by atoms with van der Waals surface area (Å²) in [5, 5.41) is 0. The number of carbonyl (C=O) groups excluding carboxylic acids is 1. The highest BCUT2D eigenvalue weighted by molar-refractivity contribution is 6.39. The number of fused-ring (bicyclic) bond motifs is 1. The zero-order chi connectivity index (χ0) is 7.84. The molecule has 0 unspecified atom stereocenters. The molecule has 2 N–H and O–H groups in total. The Labute approximate surface area is 62.6 Å². The molecule has 0 radical (unpaired) electrons. The second kappa shape index (κ2) is 1.91. The molecule has 1 aliphatic heterocycles. The van der Waals surface area contributed by atoms with Crippen LogP contribution in [0.5, 0.6) is 0 Å². The molecule has 0 saturated carbocycles. The van der Waals surface area contributed by atoms with E-state index < -0.39 is 5.91 Å². The second-order valence-corrected chi connectivity index (χ2v) is 2.28. The minimum absolute atomic E-state index is 0.369. The molecule has 5 nitrogen and oxygen atoms in total. The highest BCUT2D eigenvalue weighted by atomic mass is 16.1. The quantitative estimate of drug-likeness (QED) is 0.583. The van der Waals surface area contributed by atoms with Crippen LogP contribution in [0.4, 0.5) is 5.95 Å². The van der Waals surface area contributed by atoms with Gasteiger partial charge < -0.3 is 10.3 Å². The van der Waals surface area contributed by atoms with Crippen molar-refractivity contribution in [3.63, 3.8) is 0 Å². The maximum Gasteiger partial charge on any atom is 0.265 e. The molecule has 0 saturated heterocycles. The van der Waals surface area contributed by atoms with Gasteiger partial charge in [-0.1, -0.05) is 0 Å². The number of hydrogen-bond acceptors (Lipinski definition) is 3. The molecule has 1 amide bonds. The van der Waals surface area contributed by atoms with E-state index in [9.17, 15) is 4.79 Å². The Hall–Kier alpha value is -1.65. The molecule has 56 valence electrons. The van der Waals surface area contributed by atoms with Crippen molar-refractivity contribution in [2.75, 3.05) is 0 Å². The van der Waals surface area contributed by atoms with Crippen LogP contribution >= 0.6 is 0 Å². The summed E-state index contributed by atoms with van der Waals surface area (Å²) in [4.78, 5) is 18.4. The first-order valence-corrected chi connectivity index (χ1v) is 3.16. The summed E-state index contributed by atoms with van der Waals surface area (Å²) in [6.45, 7) is 0.449. The molecule has 1 aliphatic rings.